The van der Waals surface area contributed by atoms with Crippen LogP contribution in [-0.2, 0) is 11.3 Å². The van der Waals surface area contributed by atoms with Crippen molar-refractivity contribution in [3.05, 3.63) is 59.9 Å². The lowest BCUT2D eigenvalue weighted by molar-refractivity contribution is -0.119. The molecule has 0 saturated carbocycles. The first-order chi connectivity index (χ1) is 13.6. The molecule has 28 heavy (non-hydrogen) atoms. The number of carbonyl (C=O) groups is 2. The molecule has 2 aromatic rings. The van der Waals surface area contributed by atoms with Crippen LogP contribution in [0.2, 0.25) is 0 Å². The fraction of sp³-hybridized carbons (Fsp3) is 0.381. The number of aromatic nitrogens is 1. The molecule has 0 spiro atoms. The van der Waals surface area contributed by atoms with Gasteiger partial charge in [-0.3, -0.25) is 14.6 Å². The van der Waals surface area contributed by atoms with Gasteiger partial charge in [-0.25, -0.2) is 0 Å². The Balaban J connectivity index is 1.77. The van der Waals surface area contributed by atoms with Crippen molar-refractivity contribution in [1.82, 2.24) is 15.2 Å². The second-order valence-electron chi connectivity index (χ2n) is 6.87. The zero-order valence-corrected chi connectivity index (χ0v) is 15.8. The largest absolute Gasteiger partial charge is 0.484 e. The Morgan fingerprint density at radius 3 is 2.68 bits per heavy atom. The highest BCUT2D eigenvalue weighted by atomic mass is 16.5. The summed E-state index contributed by atoms with van der Waals surface area (Å²) in [5.74, 6) is -0.0621. The Hall–Kier alpha value is -2.93. The van der Waals surface area contributed by atoms with Crippen molar-refractivity contribution in [1.29, 1.82) is 0 Å². The molecule has 7 nitrogen and oxygen atoms in total. The summed E-state index contributed by atoms with van der Waals surface area (Å²) in [5, 5.41) is 3.40. The van der Waals surface area contributed by atoms with Crippen LogP contribution in [0.4, 0.5) is 0 Å². The average molecular weight is 382 g/mol. The van der Waals surface area contributed by atoms with Crippen molar-refractivity contribution in [3.63, 3.8) is 0 Å². The standard InChI is InChI=1S/C21H26N4O3/c22-20(26)15-28-19-8-6-16(7-9-19)21(27)25(14-17-4-1-2-12-24-17)18-5-3-11-23-13-10-18/h1-2,4,6-9,12,18,23H,3,5,10-11,13-15H2,(H2,22,26). The molecule has 1 fully saturated rings. The van der Waals surface area contributed by atoms with Gasteiger partial charge in [-0.15, -0.1) is 0 Å². The van der Waals surface area contributed by atoms with Gasteiger partial charge in [-0.1, -0.05) is 6.07 Å². The predicted molar refractivity (Wildman–Crippen MR) is 106 cm³/mol. The van der Waals surface area contributed by atoms with Crippen molar-refractivity contribution in [2.75, 3.05) is 19.7 Å². The first kappa shape index (κ1) is 19.8. The molecular weight excluding hydrogens is 356 g/mol. The number of carbonyl (C=O) groups excluding carboxylic acids is 2. The third-order valence-electron chi connectivity index (χ3n) is 4.79. The molecule has 148 valence electrons. The Morgan fingerprint density at radius 2 is 1.96 bits per heavy atom. The van der Waals surface area contributed by atoms with Crippen LogP contribution in [0.5, 0.6) is 5.75 Å². The lowest BCUT2D eigenvalue weighted by atomic mass is 10.0. The normalized spacial score (nSPS) is 16.8. The molecule has 3 rings (SSSR count). The minimum absolute atomic E-state index is 0.0287. The van der Waals surface area contributed by atoms with Crippen LogP contribution in [0.15, 0.2) is 48.7 Å². The van der Waals surface area contributed by atoms with E-state index in [4.69, 9.17) is 10.5 Å². The summed E-state index contributed by atoms with van der Waals surface area (Å²) < 4.78 is 5.27. The van der Waals surface area contributed by atoms with Crippen LogP contribution in [-0.4, -0.2) is 47.4 Å². The van der Waals surface area contributed by atoms with Crippen LogP contribution in [0.1, 0.15) is 35.3 Å². The molecule has 0 bridgehead atoms. The molecule has 1 saturated heterocycles. The number of amides is 2. The molecule has 2 amide bonds. The van der Waals surface area contributed by atoms with Gasteiger partial charge in [0.2, 0.25) is 0 Å². The maximum atomic E-state index is 13.3. The summed E-state index contributed by atoms with van der Waals surface area (Å²) in [6.07, 6.45) is 4.66. The van der Waals surface area contributed by atoms with E-state index < -0.39 is 5.91 Å². The van der Waals surface area contributed by atoms with E-state index in [2.05, 4.69) is 10.3 Å². The molecule has 2 heterocycles. The quantitative estimate of drug-likeness (QED) is 0.760. The molecule has 0 radical (unpaired) electrons. The number of benzene rings is 1. The number of nitrogens with one attached hydrogen (secondary N) is 1. The number of ether oxygens (including phenoxy) is 1. The van der Waals surface area contributed by atoms with E-state index in [1.54, 1.807) is 30.5 Å². The summed E-state index contributed by atoms with van der Waals surface area (Å²) in [6.45, 7) is 2.17. The first-order valence-corrected chi connectivity index (χ1v) is 9.56. The van der Waals surface area contributed by atoms with Crippen molar-refractivity contribution >= 4 is 11.8 Å². The Bertz CT molecular complexity index is 772. The van der Waals surface area contributed by atoms with Crippen molar-refractivity contribution < 1.29 is 14.3 Å². The van der Waals surface area contributed by atoms with Gasteiger partial charge in [0.25, 0.3) is 11.8 Å². The summed E-state index contributed by atoms with van der Waals surface area (Å²) >= 11 is 0. The monoisotopic (exact) mass is 382 g/mol. The van der Waals surface area contributed by atoms with E-state index in [0.29, 0.717) is 17.9 Å². The molecule has 1 aliphatic rings. The highest BCUT2D eigenvalue weighted by Gasteiger charge is 2.26. The number of hydrogen-bond acceptors (Lipinski definition) is 5. The summed E-state index contributed by atoms with van der Waals surface area (Å²) in [7, 11) is 0. The smallest absolute Gasteiger partial charge is 0.255 e. The molecule has 1 aliphatic heterocycles. The maximum Gasteiger partial charge on any atom is 0.255 e. The van der Waals surface area contributed by atoms with E-state index in [1.165, 1.54) is 0 Å². The van der Waals surface area contributed by atoms with Crippen molar-refractivity contribution in [2.24, 2.45) is 5.73 Å². The molecule has 1 aromatic heterocycles. The fourth-order valence-corrected chi connectivity index (χ4v) is 3.36. The number of hydrogen-bond donors (Lipinski definition) is 2. The minimum atomic E-state index is -0.538. The van der Waals surface area contributed by atoms with Gasteiger partial charge in [0.05, 0.1) is 12.2 Å². The number of rotatable bonds is 7. The Kier molecular flexibility index (Phi) is 6.97. The van der Waals surface area contributed by atoms with Crippen LogP contribution >= 0.6 is 0 Å². The van der Waals surface area contributed by atoms with E-state index in [9.17, 15) is 9.59 Å². The van der Waals surface area contributed by atoms with Gasteiger partial charge in [0, 0.05) is 17.8 Å². The highest BCUT2D eigenvalue weighted by Crippen LogP contribution is 2.21. The third-order valence-corrected chi connectivity index (χ3v) is 4.79. The fourth-order valence-electron chi connectivity index (χ4n) is 3.36. The Labute approximate surface area is 164 Å². The van der Waals surface area contributed by atoms with E-state index in [-0.39, 0.29) is 18.6 Å². The average Bonchev–Trinajstić information content (AvgIpc) is 3.00. The van der Waals surface area contributed by atoms with Gasteiger partial charge in [0.1, 0.15) is 5.75 Å². The first-order valence-electron chi connectivity index (χ1n) is 9.56. The van der Waals surface area contributed by atoms with Crippen LogP contribution < -0.4 is 15.8 Å². The zero-order valence-electron chi connectivity index (χ0n) is 15.8. The third kappa shape index (κ3) is 5.53. The summed E-state index contributed by atoms with van der Waals surface area (Å²) in [6, 6.07) is 12.7. The van der Waals surface area contributed by atoms with E-state index in [1.807, 2.05) is 23.1 Å². The van der Waals surface area contributed by atoms with E-state index in [0.717, 1.165) is 38.0 Å². The maximum absolute atomic E-state index is 13.3. The van der Waals surface area contributed by atoms with Gasteiger partial charge in [-0.2, -0.15) is 0 Å². The second kappa shape index (κ2) is 9.85. The van der Waals surface area contributed by atoms with Crippen LogP contribution in [0, 0.1) is 0 Å². The van der Waals surface area contributed by atoms with E-state index >= 15 is 0 Å². The summed E-state index contributed by atoms with van der Waals surface area (Å²) in [4.78, 5) is 30.5. The molecule has 1 atom stereocenters. The number of pyridine rings is 1. The summed E-state index contributed by atoms with van der Waals surface area (Å²) in [5.41, 5.74) is 6.54. The second-order valence-corrected chi connectivity index (χ2v) is 6.87. The molecule has 1 aromatic carbocycles. The lowest BCUT2D eigenvalue weighted by Crippen LogP contribution is -2.40. The Morgan fingerprint density at radius 1 is 1.14 bits per heavy atom. The molecule has 7 heteroatoms. The van der Waals surface area contributed by atoms with Gasteiger partial charge >= 0.3 is 0 Å². The molecule has 1 unspecified atom stereocenters. The van der Waals surface area contributed by atoms with Crippen molar-refractivity contribution in [2.45, 2.75) is 31.8 Å². The van der Waals surface area contributed by atoms with Crippen LogP contribution in [0.3, 0.4) is 0 Å². The number of primary amides is 1. The minimum Gasteiger partial charge on any atom is -0.484 e. The zero-order chi connectivity index (χ0) is 19.8. The SMILES string of the molecule is NC(=O)COc1ccc(C(=O)N(Cc2ccccn2)C2CCCNCC2)cc1. The van der Waals surface area contributed by atoms with Crippen LogP contribution in [0.25, 0.3) is 0 Å². The lowest BCUT2D eigenvalue weighted by Gasteiger charge is -2.31. The molecule has 3 N–H and O–H groups in total. The molecular formula is C21H26N4O3. The highest BCUT2D eigenvalue weighted by molar-refractivity contribution is 5.94. The van der Waals surface area contributed by atoms with Crippen molar-refractivity contribution in [3.8, 4) is 5.75 Å². The number of nitrogens with two attached hydrogens (primary N) is 1. The van der Waals surface area contributed by atoms with Gasteiger partial charge in [-0.05, 0) is 68.8 Å². The molecule has 0 aliphatic carbocycles. The number of nitrogens with zero attached hydrogens (tertiary/aromatic N) is 2. The van der Waals surface area contributed by atoms with Gasteiger partial charge in [0.15, 0.2) is 6.61 Å². The van der Waals surface area contributed by atoms with Gasteiger partial charge < -0.3 is 20.7 Å². The topological polar surface area (TPSA) is 97.6 Å². The predicted octanol–water partition coefficient (Wildman–Crippen LogP) is 1.73.